The van der Waals surface area contributed by atoms with Gasteiger partial charge in [-0.2, -0.15) is 0 Å². The minimum absolute atomic E-state index is 0.185. The Morgan fingerprint density at radius 3 is 2.87 bits per heavy atom. The van der Waals surface area contributed by atoms with Crippen LogP contribution in [0.25, 0.3) is 11.0 Å². The van der Waals surface area contributed by atoms with Crippen molar-refractivity contribution in [1.82, 2.24) is 15.3 Å². The number of hydrogen-bond donors (Lipinski definition) is 3. The van der Waals surface area contributed by atoms with Gasteiger partial charge < -0.3 is 20.3 Å². The predicted molar refractivity (Wildman–Crippen MR) is 116 cm³/mol. The summed E-state index contributed by atoms with van der Waals surface area (Å²) in [7, 11) is 0. The van der Waals surface area contributed by atoms with Gasteiger partial charge in [0, 0.05) is 41.8 Å². The third-order valence-corrected chi connectivity index (χ3v) is 5.31. The summed E-state index contributed by atoms with van der Waals surface area (Å²) >= 11 is 0. The number of furan rings is 1. The Labute approximate surface area is 177 Å². The van der Waals surface area contributed by atoms with Gasteiger partial charge in [-0.05, 0) is 48.2 Å². The maximum absolute atomic E-state index is 12.9. The number of anilines is 2. The lowest BCUT2D eigenvalue weighted by atomic mass is 10.1. The molecule has 0 atom stereocenters. The van der Waals surface area contributed by atoms with Gasteiger partial charge in [-0.3, -0.25) is 14.8 Å². The molecule has 0 saturated carbocycles. The molecule has 0 aliphatic heterocycles. The Bertz CT molecular complexity index is 1300. The second-order valence-electron chi connectivity index (χ2n) is 7.27. The van der Waals surface area contributed by atoms with Crippen molar-refractivity contribution in [3.05, 3.63) is 83.6 Å². The molecule has 3 heterocycles. The van der Waals surface area contributed by atoms with Gasteiger partial charge in [0.05, 0.1) is 17.6 Å². The van der Waals surface area contributed by atoms with E-state index in [1.807, 2.05) is 36.4 Å². The Balaban J connectivity index is 1.46. The smallest absolute Gasteiger partial charge is 0.289 e. The number of pyridine rings is 2. The van der Waals surface area contributed by atoms with E-state index in [1.165, 1.54) is 0 Å². The molecular formula is C23H19N5O3. The standard InChI is InChI=1S/C23H19N5O3/c29-23(26-12-14-2-1-8-24-11-14)22-21(18-7-9-25-13-20(18)31-22)27-16-4-5-17-15(10-16)3-6-19(17)28-30/h1-2,4-5,7-11,13,27,30H,3,6,12H2,(H,26,29)/b28-19+. The van der Waals surface area contributed by atoms with Gasteiger partial charge in [-0.25, -0.2) is 0 Å². The van der Waals surface area contributed by atoms with Gasteiger partial charge in [0.2, 0.25) is 5.76 Å². The zero-order valence-corrected chi connectivity index (χ0v) is 16.5. The fourth-order valence-corrected chi connectivity index (χ4v) is 3.80. The monoisotopic (exact) mass is 413 g/mol. The summed E-state index contributed by atoms with van der Waals surface area (Å²) in [6.45, 7) is 0.337. The van der Waals surface area contributed by atoms with Crippen LogP contribution in [0.5, 0.6) is 0 Å². The number of fused-ring (bicyclic) bond motifs is 2. The van der Waals surface area contributed by atoms with Crippen molar-refractivity contribution >= 4 is 34.0 Å². The summed E-state index contributed by atoms with van der Waals surface area (Å²) in [6, 6.07) is 11.3. The summed E-state index contributed by atoms with van der Waals surface area (Å²) in [6.07, 6.45) is 8.15. The van der Waals surface area contributed by atoms with Gasteiger partial charge in [0.1, 0.15) is 0 Å². The van der Waals surface area contributed by atoms with Crippen molar-refractivity contribution in [2.45, 2.75) is 19.4 Å². The second kappa shape index (κ2) is 7.91. The molecule has 3 N–H and O–H groups in total. The summed E-state index contributed by atoms with van der Waals surface area (Å²) in [5, 5.41) is 19.5. The molecule has 8 nitrogen and oxygen atoms in total. The summed E-state index contributed by atoms with van der Waals surface area (Å²) in [5.41, 5.74) is 5.54. The highest BCUT2D eigenvalue weighted by Gasteiger charge is 2.23. The zero-order valence-electron chi connectivity index (χ0n) is 16.5. The highest BCUT2D eigenvalue weighted by Crippen LogP contribution is 2.34. The molecule has 4 aromatic rings. The predicted octanol–water partition coefficient (Wildman–Crippen LogP) is 4.02. The average molecular weight is 413 g/mol. The number of hydrogen-bond acceptors (Lipinski definition) is 7. The van der Waals surface area contributed by atoms with Crippen LogP contribution in [0.15, 0.2) is 70.8 Å². The molecule has 31 heavy (non-hydrogen) atoms. The summed E-state index contributed by atoms with van der Waals surface area (Å²) < 4.78 is 5.84. The number of nitrogens with zero attached hydrogens (tertiary/aromatic N) is 3. The molecular weight excluding hydrogens is 394 g/mol. The number of amides is 1. The van der Waals surface area contributed by atoms with Crippen LogP contribution in [0.4, 0.5) is 11.4 Å². The fraction of sp³-hybridized carbons (Fsp3) is 0.130. The minimum Gasteiger partial charge on any atom is -0.447 e. The number of oxime groups is 1. The Kier molecular flexibility index (Phi) is 4.80. The van der Waals surface area contributed by atoms with Crippen molar-refractivity contribution in [2.75, 3.05) is 5.32 Å². The van der Waals surface area contributed by atoms with E-state index in [9.17, 15) is 4.79 Å². The van der Waals surface area contributed by atoms with Crippen molar-refractivity contribution in [2.24, 2.45) is 5.16 Å². The molecule has 0 bridgehead atoms. The van der Waals surface area contributed by atoms with Crippen LogP contribution in [0, 0.1) is 0 Å². The lowest BCUT2D eigenvalue weighted by Gasteiger charge is -2.10. The first-order chi connectivity index (χ1) is 15.2. The zero-order chi connectivity index (χ0) is 21.2. The first-order valence-corrected chi connectivity index (χ1v) is 9.88. The maximum atomic E-state index is 12.9. The van der Waals surface area contributed by atoms with Gasteiger partial charge in [-0.15, -0.1) is 0 Å². The molecule has 0 saturated heterocycles. The normalized spacial score (nSPS) is 14.0. The van der Waals surface area contributed by atoms with E-state index in [4.69, 9.17) is 9.62 Å². The average Bonchev–Trinajstić information content (AvgIpc) is 3.39. The van der Waals surface area contributed by atoms with E-state index in [0.29, 0.717) is 29.9 Å². The van der Waals surface area contributed by atoms with E-state index in [2.05, 4.69) is 25.8 Å². The second-order valence-corrected chi connectivity index (χ2v) is 7.27. The minimum atomic E-state index is -0.335. The highest BCUT2D eigenvalue weighted by molar-refractivity contribution is 6.07. The molecule has 1 aliphatic carbocycles. The van der Waals surface area contributed by atoms with Crippen LogP contribution in [0.1, 0.15) is 33.7 Å². The molecule has 3 aromatic heterocycles. The molecule has 1 amide bonds. The van der Waals surface area contributed by atoms with Crippen LogP contribution >= 0.6 is 0 Å². The Morgan fingerprint density at radius 2 is 2.03 bits per heavy atom. The number of aryl methyl sites for hydroxylation is 1. The first-order valence-electron chi connectivity index (χ1n) is 9.88. The number of carbonyl (C=O) groups excluding carboxylic acids is 1. The van der Waals surface area contributed by atoms with Crippen molar-refractivity contribution < 1.29 is 14.4 Å². The first kappa shape index (κ1) is 18.8. The molecule has 154 valence electrons. The van der Waals surface area contributed by atoms with Gasteiger partial charge in [0.15, 0.2) is 5.58 Å². The van der Waals surface area contributed by atoms with E-state index in [0.717, 1.165) is 34.2 Å². The molecule has 0 unspecified atom stereocenters. The topological polar surface area (TPSA) is 113 Å². The third-order valence-electron chi connectivity index (χ3n) is 5.31. The van der Waals surface area contributed by atoms with E-state index >= 15 is 0 Å². The van der Waals surface area contributed by atoms with E-state index < -0.39 is 0 Å². The number of carbonyl (C=O) groups is 1. The lowest BCUT2D eigenvalue weighted by Crippen LogP contribution is -2.23. The molecule has 1 aliphatic rings. The maximum Gasteiger partial charge on any atom is 0.289 e. The summed E-state index contributed by atoms with van der Waals surface area (Å²) in [4.78, 5) is 21.1. The van der Waals surface area contributed by atoms with Crippen molar-refractivity contribution in [1.29, 1.82) is 0 Å². The lowest BCUT2D eigenvalue weighted by molar-refractivity contribution is 0.0926. The quantitative estimate of drug-likeness (QED) is 0.336. The molecule has 5 rings (SSSR count). The fourth-order valence-electron chi connectivity index (χ4n) is 3.80. The van der Waals surface area contributed by atoms with Crippen molar-refractivity contribution in [3.63, 3.8) is 0 Å². The number of aromatic nitrogens is 2. The van der Waals surface area contributed by atoms with Crippen LogP contribution in [-0.2, 0) is 13.0 Å². The summed E-state index contributed by atoms with van der Waals surface area (Å²) in [5.74, 6) is -0.150. The molecule has 1 aromatic carbocycles. The SMILES string of the molecule is O=C(NCc1cccnc1)c1oc2cnccc2c1Nc1ccc2c(c1)CC/C2=N\O. The highest BCUT2D eigenvalue weighted by atomic mass is 16.4. The molecule has 8 heteroatoms. The van der Waals surface area contributed by atoms with E-state index in [-0.39, 0.29) is 11.7 Å². The van der Waals surface area contributed by atoms with Gasteiger partial charge in [0.25, 0.3) is 5.91 Å². The molecule has 0 radical (unpaired) electrons. The van der Waals surface area contributed by atoms with E-state index in [1.54, 1.807) is 24.8 Å². The van der Waals surface area contributed by atoms with Crippen LogP contribution in [-0.4, -0.2) is 26.8 Å². The van der Waals surface area contributed by atoms with Crippen LogP contribution in [0.2, 0.25) is 0 Å². The van der Waals surface area contributed by atoms with Crippen molar-refractivity contribution in [3.8, 4) is 0 Å². The molecule has 0 fully saturated rings. The number of rotatable bonds is 5. The largest absolute Gasteiger partial charge is 0.447 e. The number of nitrogens with one attached hydrogen (secondary N) is 2. The Hall–Kier alpha value is -4.20. The third kappa shape index (κ3) is 3.59. The number of benzene rings is 1. The van der Waals surface area contributed by atoms with Crippen LogP contribution < -0.4 is 10.6 Å². The van der Waals surface area contributed by atoms with Gasteiger partial charge in [-0.1, -0.05) is 17.3 Å². The molecule has 0 spiro atoms. The Morgan fingerprint density at radius 1 is 1.13 bits per heavy atom. The van der Waals surface area contributed by atoms with Crippen LogP contribution in [0.3, 0.4) is 0 Å². The van der Waals surface area contributed by atoms with Gasteiger partial charge >= 0.3 is 0 Å².